The fraction of sp³-hybridized carbons (Fsp3) is 0.889. The van der Waals surface area contributed by atoms with Crippen molar-refractivity contribution in [1.82, 2.24) is 15.5 Å². The summed E-state index contributed by atoms with van der Waals surface area (Å²) in [5, 5.41) is 6.29. The van der Waals surface area contributed by atoms with Crippen LogP contribution < -0.4 is 10.6 Å². The van der Waals surface area contributed by atoms with Crippen LogP contribution in [0.4, 0.5) is 0 Å². The van der Waals surface area contributed by atoms with Gasteiger partial charge in [0.2, 0.25) is 5.91 Å². The van der Waals surface area contributed by atoms with Gasteiger partial charge < -0.3 is 15.5 Å². The first-order valence-corrected chi connectivity index (χ1v) is 9.14. The highest BCUT2D eigenvalue weighted by molar-refractivity contribution is 14.0. The summed E-state index contributed by atoms with van der Waals surface area (Å²) in [6, 6.07) is 0. The number of likely N-dealkylation sites (tertiary alicyclic amines) is 1. The molecule has 5 nitrogen and oxygen atoms in total. The fourth-order valence-electron chi connectivity index (χ4n) is 3.35. The number of halogens is 1. The van der Waals surface area contributed by atoms with Gasteiger partial charge in [0.25, 0.3) is 0 Å². The van der Waals surface area contributed by atoms with Crippen LogP contribution in [0.1, 0.15) is 60.8 Å². The number of amides is 1. The van der Waals surface area contributed by atoms with Crippen LogP contribution in [0, 0.1) is 11.8 Å². The number of nitrogens with one attached hydrogen (secondary N) is 2. The Balaban J connectivity index is 0.00000529. The third-order valence-electron chi connectivity index (χ3n) is 4.46. The average molecular weight is 452 g/mol. The zero-order valence-corrected chi connectivity index (χ0v) is 18.6. The molecule has 1 heterocycles. The zero-order valence-electron chi connectivity index (χ0n) is 16.3. The summed E-state index contributed by atoms with van der Waals surface area (Å²) < 4.78 is 0. The summed E-state index contributed by atoms with van der Waals surface area (Å²) in [6.45, 7) is 15.7. The first-order valence-electron chi connectivity index (χ1n) is 9.14. The van der Waals surface area contributed by atoms with E-state index in [9.17, 15) is 4.79 Å². The normalized spacial score (nSPS) is 18.5. The van der Waals surface area contributed by atoms with Gasteiger partial charge in [-0.15, -0.1) is 24.0 Å². The minimum absolute atomic E-state index is 0. The quantitative estimate of drug-likeness (QED) is 0.370. The molecule has 1 aliphatic heterocycles. The molecule has 0 aliphatic carbocycles. The Morgan fingerprint density at radius 3 is 2.38 bits per heavy atom. The fourth-order valence-corrected chi connectivity index (χ4v) is 3.35. The molecule has 2 N–H and O–H groups in total. The summed E-state index contributed by atoms with van der Waals surface area (Å²) in [7, 11) is 0. The van der Waals surface area contributed by atoms with E-state index in [0.717, 1.165) is 37.4 Å². The van der Waals surface area contributed by atoms with Crippen molar-refractivity contribution in [3.8, 4) is 0 Å². The number of carbonyl (C=O) groups excluding carboxylic acids is 1. The maximum Gasteiger partial charge on any atom is 0.242 e. The lowest BCUT2D eigenvalue weighted by Crippen LogP contribution is -2.44. The third kappa shape index (κ3) is 8.03. The van der Waals surface area contributed by atoms with Crippen molar-refractivity contribution in [2.75, 3.05) is 26.2 Å². The van der Waals surface area contributed by atoms with Crippen LogP contribution in [0.25, 0.3) is 0 Å². The molecule has 1 unspecified atom stereocenters. The van der Waals surface area contributed by atoms with Gasteiger partial charge in [-0.2, -0.15) is 0 Å². The highest BCUT2D eigenvalue weighted by Crippen LogP contribution is 2.28. The second kappa shape index (κ2) is 11.2. The molecule has 1 saturated heterocycles. The van der Waals surface area contributed by atoms with Crippen LogP contribution in [0.2, 0.25) is 0 Å². The van der Waals surface area contributed by atoms with Crippen LogP contribution in [-0.4, -0.2) is 48.5 Å². The van der Waals surface area contributed by atoms with Gasteiger partial charge in [0.15, 0.2) is 5.96 Å². The summed E-state index contributed by atoms with van der Waals surface area (Å²) in [4.78, 5) is 18.8. The smallest absolute Gasteiger partial charge is 0.242 e. The Hall–Kier alpha value is -0.530. The number of nitrogens with zero attached hydrogens (tertiary/aromatic N) is 2. The molecule has 1 amide bonds. The van der Waals surface area contributed by atoms with E-state index in [4.69, 9.17) is 0 Å². The molecule has 0 saturated carbocycles. The van der Waals surface area contributed by atoms with Gasteiger partial charge in [-0.3, -0.25) is 4.79 Å². The Bertz CT molecular complexity index is 402. The first-order chi connectivity index (χ1) is 10.8. The molecule has 1 atom stereocenters. The van der Waals surface area contributed by atoms with E-state index < -0.39 is 0 Å². The van der Waals surface area contributed by atoms with Crippen molar-refractivity contribution in [1.29, 1.82) is 0 Å². The summed E-state index contributed by atoms with van der Waals surface area (Å²) in [6.07, 6.45) is 3.72. The maximum absolute atomic E-state index is 12.0. The largest absolute Gasteiger partial charge is 0.357 e. The number of aliphatic imine (C=N–C) groups is 1. The Labute approximate surface area is 165 Å². The highest BCUT2D eigenvalue weighted by Gasteiger charge is 2.29. The summed E-state index contributed by atoms with van der Waals surface area (Å²) in [5.74, 6) is 2.40. The number of hydrogen-bond donors (Lipinski definition) is 2. The molecule has 0 aromatic rings. The van der Waals surface area contributed by atoms with E-state index in [1.54, 1.807) is 0 Å². The monoisotopic (exact) mass is 452 g/mol. The lowest BCUT2D eigenvalue weighted by Gasteiger charge is -2.24. The second-order valence-electron chi connectivity index (χ2n) is 7.54. The number of rotatable bonds is 6. The Morgan fingerprint density at radius 1 is 1.25 bits per heavy atom. The Morgan fingerprint density at radius 2 is 1.88 bits per heavy atom. The number of hydrogen-bond acceptors (Lipinski definition) is 2. The third-order valence-corrected chi connectivity index (χ3v) is 4.46. The SMILES string of the molecule is CCNC(=NCC(=O)NC(C)(C)C)N1CCC(C(CC)CC)C1.I. The van der Waals surface area contributed by atoms with Crippen molar-refractivity contribution in [3.63, 3.8) is 0 Å². The molecule has 142 valence electrons. The molecule has 0 aromatic heterocycles. The average Bonchev–Trinajstić information content (AvgIpc) is 2.92. The molecule has 1 aliphatic rings. The predicted molar refractivity (Wildman–Crippen MR) is 113 cm³/mol. The van der Waals surface area contributed by atoms with Gasteiger partial charge in [0.05, 0.1) is 0 Å². The van der Waals surface area contributed by atoms with Gasteiger partial charge in [-0.05, 0) is 46.0 Å². The minimum Gasteiger partial charge on any atom is -0.357 e. The van der Waals surface area contributed by atoms with Gasteiger partial charge >= 0.3 is 0 Å². The lowest BCUT2D eigenvalue weighted by atomic mass is 9.87. The maximum atomic E-state index is 12.0. The van der Waals surface area contributed by atoms with Crippen LogP contribution in [0.15, 0.2) is 4.99 Å². The molecular weight excluding hydrogens is 415 g/mol. The molecule has 0 spiro atoms. The molecule has 0 radical (unpaired) electrons. The van der Waals surface area contributed by atoms with E-state index in [1.807, 2.05) is 20.8 Å². The van der Waals surface area contributed by atoms with Crippen molar-refractivity contribution in [2.45, 2.75) is 66.3 Å². The van der Waals surface area contributed by atoms with E-state index in [0.29, 0.717) is 0 Å². The Kier molecular flexibility index (Phi) is 10.9. The summed E-state index contributed by atoms with van der Waals surface area (Å²) in [5.41, 5.74) is -0.209. The second-order valence-corrected chi connectivity index (χ2v) is 7.54. The molecule has 1 rings (SSSR count). The number of carbonyl (C=O) groups is 1. The van der Waals surface area contributed by atoms with Gasteiger partial charge in [0.1, 0.15) is 6.54 Å². The van der Waals surface area contributed by atoms with Gasteiger partial charge in [-0.25, -0.2) is 4.99 Å². The van der Waals surface area contributed by atoms with Gasteiger partial charge in [0, 0.05) is 25.2 Å². The van der Waals surface area contributed by atoms with E-state index in [-0.39, 0.29) is 42.0 Å². The summed E-state index contributed by atoms with van der Waals surface area (Å²) >= 11 is 0. The predicted octanol–water partition coefficient (Wildman–Crippen LogP) is 3.24. The van der Waals surface area contributed by atoms with Crippen LogP contribution >= 0.6 is 24.0 Å². The molecule has 24 heavy (non-hydrogen) atoms. The van der Waals surface area contributed by atoms with E-state index >= 15 is 0 Å². The van der Waals surface area contributed by atoms with Crippen molar-refractivity contribution >= 4 is 35.8 Å². The molecule has 6 heteroatoms. The topological polar surface area (TPSA) is 56.7 Å². The van der Waals surface area contributed by atoms with Gasteiger partial charge in [-0.1, -0.05) is 26.7 Å². The van der Waals surface area contributed by atoms with Crippen LogP contribution in [-0.2, 0) is 4.79 Å². The minimum atomic E-state index is -0.209. The highest BCUT2D eigenvalue weighted by atomic mass is 127. The van der Waals surface area contributed by atoms with Crippen LogP contribution in [0.3, 0.4) is 0 Å². The van der Waals surface area contributed by atoms with Crippen molar-refractivity contribution in [2.24, 2.45) is 16.8 Å². The molecular formula is C18H37IN4O. The first kappa shape index (κ1) is 23.5. The van der Waals surface area contributed by atoms with Crippen LogP contribution in [0.5, 0.6) is 0 Å². The van der Waals surface area contributed by atoms with E-state index in [2.05, 4.69) is 41.3 Å². The van der Waals surface area contributed by atoms with Crippen molar-refractivity contribution < 1.29 is 4.79 Å². The lowest BCUT2D eigenvalue weighted by molar-refractivity contribution is -0.121. The molecule has 0 aromatic carbocycles. The molecule has 0 bridgehead atoms. The zero-order chi connectivity index (χ0) is 17.5. The number of guanidine groups is 1. The standard InChI is InChI=1S/C18H36N4O.HI/c1-7-14(8-2)15-10-11-22(13-15)17(19-9-3)20-12-16(23)21-18(4,5)6;/h14-15H,7-13H2,1-6H3,(H,19,20)(H,21,23);1H. The van der Waals surface area contributed by atoms with E-state index in [1.165, 1.54) is 19.3 Å². The molecule has 1 fully saturated rings. The van der Waals surface area contributed by atoms with Crippen molar-refractivity contribution in [3.05, 3.63) is 0 Å².